The fraction of sp³-hybridized carbons (Fsp3) is 0.171. The zero-order chi connectivity index (χ0) is 33.2. The molecular weight excluding hydrogens is 661 g/mol. The molecule has 0 unspecified atom stereocenters. The number of carbonyl (C=O) groups excluding carboxylic acids is 2. The molecule has 0 bridgehead atoms. The maximum Gasteiger partial charge on any atom is 0.357 e. The van der Waals surface area contributed by atoms with Crippen molar-refractivity contribution >= 4 is 66.7 Å². The maximum absolute atomic E-state index is 13.4. The lowest BCUT2D eigenvalue weighted by atomic mass is 10.00. The summed E-state index contributed by atoms with van der Waals surface area (Å²) in [6.45, 7) is 1.17. The molecule has 0 aliphatic carbocycles. The average molecular weight is 689 g/mol. The first-order chi connectivity index (χ1) is 24.1. The molecule has 0 radical (unpaired) electrons. The number of amides is 2. The lowest BCUT2D eigenvalue weighted by Gasteiger charge is -2.29. The van der Waals surface area contributed by atoms with E-state index in [2.05, 4.69) is 30.4 Å². The maximum atomic E-state index is 13.4. The van der Waals surface area contributed by atoms with Crippen LogP contribution in [0.4, 0.5) is 15.6 Å². The first kappa shape index (κ1) is 30.6. The Balaban J connectivity index is 0.848. The van der Waals surface area contributed by atoms with Gasteiger partial charge in [0.25, 0.3) is 0 Å². The number of hydrogen-bond acceptors (Lipinski definition) is 11. The Labute approximate surface area is 288 Å². The molecule has 12 nitrogen and oxygen atoms in total. The number of anilines is 2. The van der Waals surface area contributed by atoms with E-state index in [0.717, 1.165) is 56.6 Å². The van der Waals surface area contributed by atoms with Gasteiger partial charge < -0.3 is 9.47 Å². The van der Waals surface area contributed by atoms with Gasteiger partial charge in [-0.3, -0.25) is 10.2 Å². The number of esters is 1. The summed E-state index contributed by atoms with van der Waals surface area (Å²) in [5.74, 6) is 0.208. The first-order valence-corrected chi connectivity index (χ1v) is 17.4. The third-order valence-corrected chi connectivity index (χ3v) is 9.86. The van der Waals surface area contributed by atoms with E-state index in [9.17, 15) is 9.59 Å². The van der Waals surface area contributed by atoms with Crippen LogP contribution >= 0.6 is 22.7 Å². The Morgan fingerprint density at radius 1 is 0.980 bits per heavy atom. The minimum atomic E-state index is -0.489. The van der Waals surface area contributed by atoms with Gasteiger partial charge in [0.15, 0.2) is 16.5 Å². The minimum absolute atomic E-state index is 0.195. The van der Waals surface area contributed by atoms with Crippen LogP contribution in [0.15, 0.2) is 90.8 Å². The van der Waals surface area contributed by atoms with Crippen molar-refractivity contribution in [1.29, 1.82) is 0 Å². The van der Waals surface area contributed by atoms with Crippen molar-refractivity contribution in [1.82, 2.24) is 29.7 Å². The van der Waals surface area contributed by atoms with Crippen molar-refractivity contribution in [2.75, 3.05) is 30.0 Å². The van der Waals surface area contributed by atoms with Crippen LogP contribution in [0, 0.1) is 0 Å². The molecule has 14 heteroatoms. The van der Waals surface area contributed by atoms with Gasteiger partial charge in [0, 0.05) is 35.8 Å². The largest absolute Gasteiger partial charge is 0.493 e. The van der Waals surface area contributed by atoms with Gasteiger partial charge in [-0.1, -0.05) is 35.6 Å². The summed E-state index contributed by atoms with van der Waals surface area (Å²) in [6, 6.07) is 21.1. The number of hydrogen-bond donors (Lipinski definition) is 1. The number of carbonyl (C=O) groups is 2. The molecule has 244 valence electrons. The summed E-state index contributed by atoms with van der Waals surface area (Å²) in [5.41, 5.74) is 5.44. The van der Waals surface area contributed by atoms with Crippen LogP contribution in [0.5, 0.6) is 5.75 Å². The molecule has 1 N–H and O–H groups in total. The number of nitrogens with one attached hydrogen (secondary N) is 1. The summed E-state index contributed by atoms with van der Waals surface area (Å²) in [4.78, 5) is 45.3. The molecule has 7 aromatic rings. The highest BCUT2D eigenvalue weighted by Crippen LogP contribution is 2.34. The van der Waals surface area contributed by atoms with Gasteiger partial charge in [-0.25, -0.2) is 34.2 Å². The number of nitrogens with zero attached hydrogens (tertiary/aromatic N) is 7. The Morgan fingerprint density at radius 2 is 1.88 bits per heavy atom. The number of para-hydroxylation sites is 1. The van der Waals surface area contributed by atoms with Crippen LogP contribution in [-0.2, 0) is 11.2 Å². The van der Waals surface area contributed by atoms with Crippen molar-refractivity contribution in [2.45, 2.75) is 19.3 Å². The predicted octanol–water partition coefficient (Wildman–Crippen LogP) is 7.16. The molecule has 0 atom stereocenters. The molecule has 0 saturated heterocycles. The Hall–Kier alpha value is -5.73. The second-order valence-corrected chi connectivity index (χ2v) is 13.1. The molecule has 1 aliphatic rings. The number of benzene rings is 3. The summed E-state index contributed by atoms with van der Waals surface area (Å²) in [6.07, 6.45) is 7.21. The van der Waals surface area contributed by atoms with Gasteiger partial charge in [0.1, 0.15) is 17.1 Å². The number of aromatic nitrogens is 6. The molecule has 4 aromatic heterocycles. The quantitative estimate of drug-likeness (QED) is 0.124. The molecule has 8 rings (SSSR count). The zero-order valence-corrected chi connectivity index (χ0v) is 27.6. The van der Waals surface area contributed by atoms with E-state index in [-0.39, 0.29) is 18.3 Å². The first-order valence-electron chi connectivity index (χ1n) is 15.7. The average Bonchev–Trinajstić information content (AvgIpc) is 3.90. The van der Waals surface area contributed by atoms with Crippen molar-refractivity contribution in [3.63, 3.8) is 0 Å². The third kappa shape index (κ3) is 6.43. The lowest BCUT2D eigenvalue weighted by Crippen LogP contribution is -2.38. The van der Waals surface area contributed by atoms with Gasteiger partial charge >= 0.3 is 12.0 Å². The second-order valence-electron chi connectivity index (χ2n) is 11.2. The summed E-state index contributed by atoms with van der Waals surface area (Å²) < 4.78 is 14.1. The van der Waals surface area contributed by atoms with Crippen LogP contribution in [0.2, 0.25) is 0 Å². The molecule has 49 heavy (non-hydrogen) atoms. The lowest BCUT2D eigenvalue weighted by molar-refractivity contribution is 0.0480. The Morgan fingerprint density at radius 3 is 2.78 bits per heavy atom. The number of ether oxygens (including phenoxy) is 2. The van der Waals surface area contributed by atoms with Crippen molar-refractivity contribution in [3.8, 4) is 22.0 Å². The summed E-state index contributed by atoms with van der Waals surface area (Å²) >= 11 is 2.81. The molecule has 0 spiro atoms. The van der Waals surface area contributed by atoms with E-state index in [4.69, 9.17) is 9.47 Å². The van der Waals surface area contributed by atoms with Gasteiger partial charge in [0.2, 0.25) is 0 Å². The molecular formula is C35H28N8O4S2. The van der Waals surface area contributed by atoms with Crippen molar-refractivity contribution in [2.24, 2.45) is 0 Å². The normalized spacial score (nSPS) is 12.6. The van der Waals surface area contributed by atoms with Crippen LogP contribution in [0.3, 0.4) is 0 Å². The van der Waals surface area contributed by atoms with E-state index in [0.29, 0.717) is 35.5 Å². The van der Waals surface area contributed by atoms with E-state index in [1.165, 1.54) is 29.0 Å². The number of fused-ring (bicyclic) bond motifs is 3. The van der Waals surface area contributed by atoms with E-state index >= 15 is 0 Å². The van der Waals surface area contributed by atoms with Crippen molar-refractivity contribution < 1.29 is 19.1 Å². The smallest absolute Gasteiger partial charge is 0.357 e. The summed E-state index contributed by atoms with van der Waals surface area (Å²) in [5, 5.41) is 11.2. The highest BCUT2D eigenvalue weighted by Gasteiger charge is 2.25. The fourth-order valence-corrected chi connectivity index (χ4v) is 7.28. The van der Waals surface area contributed by atoms with Crippen LogP contribution in [-0.4, -0.2) is 61.5 Å². The minimum Gasteiger partial charge on any atom is -0.493 e. The van der Waals surface area contributed by atoms with Gasteiger partial charge in [-0.2, -0.15) is 5.10 Å². The standard InChI is InChI=1S/C35H28N8O4S2/c44-33(47-16-4-15-46-26-12-10-25(11-13-26)43-31-24(19-38-43)18-36-21-37-31)28-20-48-32(39-28)23-9-8-22-5-3-14-42(29(22)17-23)35(45)41-34-40-27-6-1-2-7-30(27)49-34/h1-2,6-13,17-21H,3-5,14-16H2,(H,40,41,45). The molecule has 0 saturated carbocycles. The topological polar surface area (TPSA) is 137 Å². The van der Waals surface area contributed by atoms with Gasteiger partial charge in [-0.15, -0.1) is 11.3 Å². The monoisotopic (exact) mass is 688 g/mol. The number of rotatable bonds is 9. The van der Waals surface area contributed by atoms with Crippen LogP contribution in [0.25, 0.3) is 37.5 Å². The highest BCUT2D eigenvalue weighted by molar-refractivity contribution is 7.22. The molecule has 3 aromatic carbocycles. The number of aryl methyl sites for hydroxylation is 1. The number of urea groups is 1. The number of thiazole rings is 2. The van der Waals surface area contributed by atoms with Gasteiger partial charge in [-0.05, 0) is 60.9 Å². The third-order valence-electron chi connectivity index (χ3n) is 8.02. The fourth-order valence-electron chi connectivity index (χ4n) is 5.64. The van der Waals surface area contributed by atoms with E-state index in [1.807, 2.05) is 66.7 Å². The Bertz CT molecular complexity index is 2270. The van der Waals surface area contributed by atoms with Crippen LogP contribution in [0.1, 0.15) is 28.9 Å². The molecule has 2 amide bonds. The molecule has 5 heterocycles. The Kier molecular flexibility index (Phi) is 8.37. The zero-order valence-electron chi connectivity index (χ0n) is 26.0. The molecule has 1 aliphatic heterocycles. The van der Waals surface area contributed by atoms with Gasteiger partial charge in [0.05, 0.1) is 40.7 Å². The highest BCUT2D eigenvalue weighted by atomic mass is 32.1. The van der Waals surface area contributed by atoms with E-state index < -0.39 is 5.97 Å². The molecule has 0 fully saturated rings. The van der Waals surface area contributed by atoms with Crippen molar-refractivity contribution in [3.05, 3.63) is 102 Å². The predicted molar refractivity (Wildman–Crippen MR) is 189 cm³/mol. The second kappa shape index (κ2) is 13.4. The SMILES string of the molecule is O=C(OCCCOc1ccc(-n2ncc3cncnc32)cc1)c1csc(-c2ccc3c(c2)N(C(=O)Nc2nc4ccccc4s2)CCC3)n1. The van der Waals surface area contributed by atoms with E-state index in [1.54, 1.807) is 27.4 Å². The van der Waals surface area contributed by atoms with Crippen LogP contribution < -0.4 is 15.0 Å². The summed E-state index contributed by atoms with van der Waals surface area (Å²) in [7, 11) is 0.